The van der Waals surface area contributed by atoms with Gasteiger partial charge in [-0.05, 0) is 67.6 Å². The summed E-state index contributed by atoms with van der Waals surface area (Å²) in [6.45, 7) is 2.65. The van der Waals surface area contributed by atoms with Gasteiger partial charge in [0.2, 0.25) is 15.9 Å². The van der Waals surface area contributed by atoms with Crippen molar-refractivity contribution in [2.75, 3.05) is 26.2 Å². The van der Waals surface area contributed by atoms with Crippen LogP contribution in [0.3, 0.4) is 0 Å². The molecule has 1 atom stereocenters. The molecule has 0 saturated carbocycles. The number of piperidine rings is 2. The van der Waals surface area contributed by atoms with Gasteiger partial charge in [-0.2, -0.15) is 4.31 Å². The molecule has 1 amide bonds. The molecule has 2 aliphatic rings. The number of aromatic nitrogens is 1. The Labute approximate surface area is 204 Å². The lowest BCUT2D eigenvalue weighted by molar-refractivity contribution is -0.131. The summed E-state index contributed by atoms with van der Waals surface area (Å²) < 4.78 is 33.6. The fraction of sp³-hybridized carbons (Fsp3) is 0.440. The van der Waals surface area contributed by atoms with E-state index in [4.69, 9.17) is 4.42 Å². The summed E-state index contributed by atoms with van der Waals surface area (Å²) in [6, 6.07) is 14.5. The van der Waals surface area contributed by atoms with Gasteiger partial charge in [0.05, 0.1) is 4.90 Å². The highest BCUT2D eigenvalue weighted by Gasteiger charge is 2.30. The molecule has 2 aromatic carbocycles. The predicted octanol–water partition coefficient (Wildman–Crippen LogP) is 4.85. The van der Waals surface area contributed by atoms with Crippen molar-refractivity contribution in [1.82, 2.24) is 14.2 Å². The summed E-state index contributed by atoms with van der Waals surface area (Å²) in [5.41, 5.74) is 1.90. The number of oxazole rings is 1. The summed E-state index contributed by atoms with van der Waals surface area (Å²) in [7, 11) is -3.55. The molecule has 1 aromatic heterocycles. The fourth-order valence-corrected chi connectivity index (χ4v) is 7.19. The molecule has 180 valence electrons. The first-order valence-corrected chi connectivity index (χ1v) is 14.3. The van der Waals surface area contributed by atoms with E-state index >= 15 is 0 Å². The van der Waals surface area contributed by atoms with Crippen LogP contribution in [0.15, 0.2) is 63.1 Å². The Morgan fingerprint density at radius 3 is 2.29 bits per heavy atom. The van der Waals surface area contributed by atoms with E-state index < -0.39 is 15.3 Å². The maximum atomic E-state index is 13.4. The quantitative estimate of drug-likeness (QED) is 0.451. The van der Waals surface area contributed by atoms with E-state index in [2.05, 4.69) is 4.98 Å². The average Bonchev–Trinajstić information content (AvgIpc) is 3.30. The van der Waals surface area contributed by atoms with Gasteiger partial charge < -0.3 is 9.32 Å². The molecule has 0 spiro atoms. The Morgan fingerprint density at radius 2 is 1.59 bits per heavy atom. The second kappa shape index (κ2) is 10.1. The van der Waals surface area contributed by atoms with Crippen molar-refractivity contribution >= 4 is 38.8 Å². The molecule has 9 heteroatoms. The fourth-order valence-electron chi connectivity index (χ4n) is 4.62. The molecule has 34 heavy (non-hydrogen) atoms. The van der Waals surface area contributed by atoms with E-state index in [1.54, 1.807) is 22.5 Å². The normalized spacial score (nSPS) is 18.8. The van der Waals surface area contributed by atoms with Gasteiger partial charge in [0, 0.05) is 26.2 Å². The van der Waals surface area contributed by atoms with Crippen LogP contribution in [0.2, 0.25) is 0 Å². The molecule has 0 radical (unpaired) electrons. The minimum Gasteiger partial charge on any atom is -0.431 e. The molecule has 5 rings (SSSR count). The second-order valence-corrected chi connectivity index (χ2v) is 11.9. The van der Waals surface area contributed by atoms with Crippen molar-refractivity contribution in [2.45, 2.75) is 53.9 Å². The van der Waals surface area contributed by atoms with E-state index in [1.807, 2.05) is 35.2 Å². The molecule has 3 heterocycles. The van der Waals surface area contributed by atoms with Crippen molar-refractivity contribution in [2.24, 2.45) is 0 Å². The van der Waals surface area contributed by atoms with Crippen LogP contribution in [0.1, 0.15) is 49.3 Å². The highest BCUT2D eigenvalue weighted by molar-refractivity contribution is 8.00. The van der Waals surface area contributed by atoms with Gasteiger partial charge in [-0.1, -0.05) is 36.8 Å². The Kier molecular flexibility index (Phi) is 6.94. The molecule has 0 aliphatic carbocycles. The highest BCUT2D eigenvalue weighted by atomic mass is 32.2. The van der Waals surface area contributed by atoms with Crippen LogP contribution in [0.25, 0.3) is 11.1 Å². The minimum atomic E-state index is -3.55. The third-order valence-corrected chi connectivity index (χ3v) is 9.49. The van der Waals surface area contributed by atoms with Gasteiger partial charge in [-0.3, -0.25) is 4.79 Å². The molecule has 3 aromatic rings. The van der Waals surface area contributed by atoms with Crippen molar-refractivity contribution < 1.29 is 17.6 Å². The SMILES string of the molecule is O=C(C(Sc1nc2cc(S(=O)(=O)N3CCCCC3)ccc2o1)c1ccccc1)N1CCCCC1. The first-order valence-electron chi connectivity index (χ1n) is 11.9. The van der Waals surface area contributed by atoms with Gasteiger partial charge >= 0.3 is 0 Å². The van der Waals surface area contributed by atoms with Gasteiger partial charge in [-0.25, -0.2) is 13.4 Å². The van der Waals surface area contributed by atoms with Crippen LogP contribution < -0.4 is 0 Å². The number of sulfonamides is 1. The van der Waals surface area contributed by atoms with Crippen molar-refractivity contribution in [3.05, 3.63) is 54.1 Å². The third-order valence-electron chi connectivity index (χ3n) is 6.51. The van der Waals surface area contributed by atoms with Crippen LogP contribution >= 0.6 is 11.8 Å². The number of amides is 1. The van der Waals surface area contributed by atoms with Crippen molar-refractivity contribution in [3.8, 4) is 0 Å². The van der Waals surface area contributed by atoms with E-state index in [9.17, 15) is 13.2 Å². The molecule has 7 nitrogen and oxygen atoms in total. The zero-order valence-electron chi connectivity index (χ0n) is 19.1. The number of carbonyl (C=O) groups is 1. The maximum absolute atomic E-state index is 13.4. The number of fused-ring (bicyclic) bond motifs is 1. The molecular weight excluding hydrogens is 470 g/mol. The van der Waals surface area contributed by atoms with Gasteiger partial charge in [0.1, 0.15) is 10.8 Å². The number of hydrogen-bond donors (Lipinski definition) is 0. The van der Waals surface area contributed by atoms with E-state index in [0.29, 0.717) is 29.4 Å². The van der Waals surface area contributed by atoms with Crippen LogP contribution in [-0.2, 0) is 14.8 Å². The van der Waals surface area contributed by atoms with Gasteiger partial charge in [0.25, 0.3) is 5.22 Å². The van der Waals surface area contributed by atoms with Crippen molar-refractivity contribution in [3.63, 3.8) is 0 Å². The summed E-state index contributed by atoms with van der Waals surface area (Å²) in [5.74, 6) is 0.0616. The lowest BCUT2D eigenvalue weighted by Gasteiger charge is -2.30. The Hall–Kier alpha value is -2.36. The lowest BCUT2D eigenvalue weighted by atomic mass is 10.1. The molecule has 2 fully saturated rings. The molecule has 0 bridgehead atoms. The number of hydrogen-bond acceptors (Lipinski definition) is 6. The van der Waals surface area contributed by atoms with Crippen LogP contribution in [0.5, 0.6) is 0 Å². The van der Waals surface area contributed by atoms with Crippen molar-refractivity contribution in [1.29, 1.82) is 0 Å². The zero-order chi connectivity index (χ0) is 23.5. The van der Waals surface area contributed by atoms with Gasteiger partial charge in [0.15, 0.2) is 5.58 Å². The predicted molar refractivity (Wildman–Crippen MR) is 132 cm³/mol. The number of carbonyl (C=O) groups excluding carboxylic acids is 1. The number of benzene rings is 2. The molecule has 0 N–H and O–H groups in total. The second-order valence-electron chi connectivity index (χ2n) is 8.87. The first kappa shape index (κ1) is 23.4. The summed E-state index contributed by atoms with van der Waals surface area (Å²) in [5, 5.41) is -0.106. The van der Waals surface area contributed by atoms with E-state index in [-0.39, 0.29) is 10.8 Å². The zero-order valence-corrected chi connectivity index (χ0v) is 20.7. The van der Waals surface area contributed by atoms with Crippen LogP contribution in [0, 0.1) is 0 Å². The topological polar surface area (TPSA) is 83.7 Å². The maximum Gasteiger partial charge on any atom is 0.257 e. The number of likely N-dealkylation sites (tertiary alicyclic amines) is 1. The van der Waals surface area contributed by atoms with E-state index in [1.165, 1.54) is 11.8 Å². The summed E-state index contributed by atoms with van der Waals surface area (Å²) >= 11 is 1.28. The number of nitrogens with zero attached hydrogens (tertiary/aromatic N) is 3. The molecule has 2 aliphatic heterocycles. The number of thioether (sulfide) groups is 1. The number of rotatable bonds is 6. The lowest BCUT2D eigenvalue weighted by Crippen LogP contribution is -2.38. The molecule has 1 unspecified atom stereocenters. The Morgan fingerprint density at radius 1 is 0.912 bits per heavy atom. The smallest absolute Gasteiger partial charge is 0.257 e. The average molecular weight is 500 g/mol. The summed E-state index contributed by atoms with van der Waals surface area (Å²) in [4.78, 5) is 20.2. The van der Waals surface area contributed by atoms with Gasteiger partial charge in [-0.15, -0.1) is 0 Å². The van der Waals surface area contributed by atoms with Crippen LogP contribution in [0.4, 0.5) is 0 Å². The van der Waals surface area contributed by atoms with Crippen LogP contribution in [-0.4, -0.2) is 54.7 Å². The largest absolute Gasteiger partial charge is 0.431 e. The van der Waals surface area contributed by atoms with E-state index in [0.717, 1.165) is 57.2 Å². The molecular formula is C25H29N3O4S2. The highest BCUT2D eigenvalue weighted by Crippen LogP contribution is 2.38. The third kappa shape index (κ3) is 4.87. The minimum absolute atomic E-state index is 0.0616. The standard InChI is InChI=1S/C25H29N3O4S2/c29-24(27-14-6-2-7-15-27)23(19-10-4-1-5-11-19)33-25-26-21-18-20(12-13-22(21)32-25)34(30,31)28-16-8-3-9-17-28/h1,4-5,10-13,18,23H,2-3,6-9,14-17H2. The molecule has 2 saturated heterocycles. The summed E-state index contributed by atoms with van der Waals surface area (Å²) in [6.07, 6.45) is 6.04. The first-order chi connectivity index (χ1) is 16.5. The monoisotopic (exact) mass is 499 g/mol. The Bertz CT molecular complexity index is 1250. The Balaban J connectivity index is 1.42.